The number of hydrogen-bond acceptors (Lipinski definition) is 5. The van der Waals surface area contributed by atoms with Gasteiger partial charge in [-0.1, -0.05) is 49.4 Å². The first kappa shape index (κ1) is 19.1. The van der Waals surface area contributed by atoms with E-state index in [4.69, 9.17) is 4.74 Å². The molecule has 1 aliphatic carbocycles. The summed E-state index contributed by atoms with van der Waals surface area (Å²) < 4.78 is 30.0. The Morgan fingerprint density at radius 2 is 1.70 bits per heavy atom. The fourth-order valence-corrected chi connectivity index (χ4v) is 3.72. The van der Waals surface area contributed by atoms with Gasteiger partial charge in [-0.2, -0.15) is 0 Å². The van der Waals surface area contributed by atoms with E-state index in [0.717, 1.165) is 12.8 Å². The second-order valence-electron chi connectivity index (χ2n) is 6.38. The van der Waals surface area contributed by atoms with Crippen LogP contribution in [-0.4, -0.2) is 32.1 Å². The number of nitrogens with one attached hydrogen (secondary N) is 1. The van der Waals surface area contributed by atoms with Crippen molar-refractivity contribution in [3.8, 4) is 0 Å². The van der Waals surface area contributed by atoms with Crippen LogP contribution in [0.4, 0.5) is 0 Å². The van der Waals surface area contributed by atoms with Crippen molar-refractivity contribution in [2.45, 2.75) is 36.8 Å². The lowest BCUT2D eigenvalue weighted by atomic mass is 10.1. The van der Waals surface area contributed by atoms with E-state index in [1.165, 1.54) is 19.1 Å². The van der Waals surface area contributed by atoms with Crippen LogP contribution in [0.1, 0.15) is 41.8 Å². The summed E-state index contributed by atoms with van der Waals surface area (Å²) in [5, 5.41) is 2.83. The van der Waals surface area contributed by atoms with Crippen LogP contribution < -0.4 is 5.32 Å². The lowest BCUT2D eigenvalue weighted by Crippen LogP contribution is -2.33. The first-order valence-electron chi connectivity index (χ1n) is 8.80. The van der Waals surface area contributed by atoms with Crippen molar-refractivity contribution < 1.29 is 22.7 Å². The summed E-state index contributed by atoms with van der Waals surface area (Å²) in [5.74, 6) is -1.39. The molecule has 1 amide bonds. The van der Waals surface area contributed by atoms with Crippen LogP contribution in [0, 0.1) is 0 Å². The summed E-state index contributed by atoms with van der Waals surface area (Å²) in [4.78, 5) is 25.3. The Bertz CT molecular complexity index is 936. The molecule has 27 heavy (non-hydrogen) atoms. The predicted octanol–water partition coefficient (Wildman–Crippen LogP) is 2.66. The monoisotopic (exact) mass is 387 g/mol. The van der Waals surface area contributed by atoms with Gasteiger partial charge in [-0.05, 0) is 25.0 Å². The Kier molecular flexibility index (Phi) is 5.60. The molecule has 0 spiro atoms. The predicted molar refractivity (Wildman–Crippen MR) is 99.9 cm³/mol. The molecule has 0 heterocycles. The van der Waals surface area contributed by atoms with Gasteiger partial charge in [0.1, 0.15) is 0 Å². The topological polar surface area (TPSA) is 89.5 Å². The van der Waals surface area contributed by atoms with Gasteiger partial charge in [0.15, 0.2) is 9.84 Å². The minimum Gasteiger partial charge on any atom is -0.444 e. The van der Waals surface area contributed by atoms with Crippen LogP contribution in [0.3, 0.4) is 0 Å². The average Bonchev–Trinajstić information content (AvgIpc) is 3.50. The summed E-state index contributed by atoms with van der Waals surface area (Å²) in [6.07, 6.45) is 0.661. The van der Waals surface area contributed by atoms with Gasteiger partial charge in [0, 0.05) is 11.6 Å². The second-order valence-corrected chi connectivity index (χ2v) is 8.63. The quantitative estimate of drug-likeness (QED) is 0.738. The van der Waals surface area contributed by atoms with E-state index < -0.39 is 27.8 Å². The van der Waals surface area contributed by atoms with Crippen LogP contribution in [-0.2, 0) is 19.4 Å². The van der Waals surface area contributed by atoms with Gasteiger partial charge >= 0.3 is 5.97 Å². The molecule has 0 aromatic heterocycles. The molecule has 1 aliphatic rings. The van der Waals surface area contributed by atoms with Crippen LogP contribution in [0.2, 0.25) is 0 Å². The zero-order valence-electron chi connectivity index (χ0n) is 14.9. The molecule has 1 atom stereocenters. The molecule has 0 saturated heterocycles. The van der Waals surface area contributed by atoms with Crippen LogP contribution in [0.25, 0.3) is 0 Å². The molecule has 2 aromatic carbocycles. The van der Waals surface area contributed by atoms with Gasteiger partial charge in [0.25, 0.3) is 5.91 Å². The SMILES string of the molecule is CCS(=O)(=O)c1ccccc1C(=O)OC(C(=O)NC1CC1)c1ccccc1. The third-order valence-electron chi connectivity index (χ3n) is 4.31. The largest absolute Gasteiger partial charge is 0.444 e. The van der Waals surface area contributed by atoms with E-state index >= 15 is 0 Å². The van der Waals surface area contributed by atoms with Crippen LogP contribution in [0.15, 0.2) is 59.5 Å². The van der Waals surface area contributed by atoms with Crippen LogP contribution >= 0.6 is 0 Å². The molecule has 2 aromatic rings. The van der Waals surface area contributed by atoms with E-state index in [-0.39, 0.29) is 22.3 Å². The average molecular weight is 387 g/mol. The van der Waals surface area contributed by atoms with E-state index in [2.05, 4.69) is 5.32 Å². The first-order valence-corrected chi connectivity index (χ1v) is 10.5. The van der Waals surface area contributed by atoms with Crippen LogP contribution in [0.5, 0.6) is 0 Å². The van der Waals surface area contributed by atoms with Gasteiger partial charge in [-0.25, -0.2) is 13.2 Å². The van der Waals surface area contributed by atoms with Gasteiger partial charge in [0.05, 0.1) is 16.2 Å². The smallest absolute Gasteiger partial charge is 0.340 e. The number of carbonyl (C=O) groups is 2. The van der Waals surface area contributed by atoms with E-state index in [1.807, 2.05) is 0 Å². The molecule has 1 fully saturated rings. The fourth-order valence-electron chi connectivity index (χ4n) is 2.64. The first-order chi connectivity index (χ1) is 12.9. The standard InChI is InChI=1S/C20H21NO5S/c1-2-27(24,25)17-11-7-6-10-16(17)20(23)26-18(14-8-4-3-5-9-14)19(22)21-15-12-13-15/h3-11,15,18H,2,12-13H2,1H3,(H,21,22). The zero-order chi connectivity index (χ0) is 19.4. The molecule has 1 unspecified atom stereocenters. The second kappa shape index (κ2) is 7.92. The highest BCUT2D eigenvalue weighted by Crippen LogP contribution is 2.25. The molecule has 1 N–H and O–H groups in total. The molecular weight excluding hydrogens is 366 g/mol. The molecule has 7 heteroatoms. The van der Waals surface area contributed by atoms with E-state index in [9.17, 15) is 18.0 Å². The number of carbonyl (C=O) groups excluding carboxylic acids is 2. The number of rotatable bonds is 7. The van der Waals surface area contributed by atoms with Crippen molar-refractivity contribution in [2.75, 3.05) is 5.75 Å². The number of hydrogen-bond donors (Lipinski definition) is 1. The maximum Gasteiger partial charge on any atom is 0.340 e. The molecule has 0 aliphatic heterocycles. The molecule has 0 bridgehead atoms. The number of benzene rings is 2. The van der Waals surface area contributed by atoms with Crippen molar-refractivity contribution in [1.29, 1.82) is 0 Å². The van der Waals surface area contributed by atoms with Gasteiger partial charge in [-0.3, -0.25) is 4.79 Å². The third-order valence-corrected chi connectivity index (χ3v) is 6.10. The molecule has 142 valence electrons. The highest BCUT2D eigenvalue weighted by molar-refractivity contribution is 7.91. The minimum atomic E-state index is -3.60. The molecule has 0 radical (unpaired) electrons. The van der Waals surface area contributed by atoms with Crippen molar-refractivity contribution in [3.63, 3.8) is 0 Å². The summed E-state index contributed by atoms with van der Waals surface area (Å²) in [5.41, 5.74) is 0.458. The van der Waals surface area contributed by atoms with Crippen molar-refractivity contribution in [2.24, 2.45) is 0 Å². The van der Waals surface area contributed by atoms with Crippen molar-refractivity contribution in [3.05, 3.63) is 65.7 Å². The highest BCUT2D eigenvalue weighted by atomic mass is 32.2. The summed E-state index contributed by atoms with van der Waals surface area (Å²) in [6.45, 7) is 1.51. The van der Waals surface area contributed by atoms with Gasteiger partial charge in [0.2, 0.25) is 6.10 Å². The van der Waals surface area contributed by atoms with Gasteiger partial charge < -0.3 is 10.1 Å². The van der Waals surface area contributed by atoms with Crippen molar-refractivity contribution in [1.82, 2.24) is 5.32 Å². The number of esters is 1. The lowest BCUT2D eigenvalue weighted by Gasteiger charge is -2.19. The summed E-state index contributed by atoms with van der Waals surface area (Å²) in [7, 11) is -3.60. The van der Waals surface area contributed by atoms with E-state index in [0.29, 0.717) is 5.56 Å². The fraction of sp³-hybridized carbons (Fsp3) is 0.300. The number of ether oxygens (including phenoxy) is 1. The Hall–Kier alpha value is -2.67. The zero-order valence-corrected chi connectivity index (χ0v) is 15.7. The molecule has 1 saturated carbocycles. The number of amides is 1. The molecular formula is C20H21NO5S. The molecule has 3 rings (SSSR count). The summed E-state index contributed by atoms with van der Waals surface area (Å²) in [6, 6.07) is 14.7. The van der Waals surface area contributed by atoms with Gasteiger partial charge in [-0.15, -0.1) is 0 Å². The molecule has 6 nitrogen and oxygen atoms in total. The Morgan fingerprint density at radius 1 is 1.07 bits per heavy atom. The Labute approximate surface area is 158 Å². The maximum atomic E-state index is 12.8. The third kappa shape index (κ3) is 4.54. The Morgan fingerprint density at radius 3 is 2.33 bits per heavy atom. The van der Waals surface area contributed by atoms with Crippen molar-refractivity contribution >= 4 is 21.7 Å². The number of sulfone groups is 1. The maximum absolute atomic E-state index is 12.8. The summed E-state index contributed by atoms with van der Waals surface area (Å²) >= 11 is 0. The lowest BCUT2D eigenvalue weighted by molar-refractivity contribution is -0.130. The van der Waals surface area contributed by atoms with E-state index in [1.54, 1.807) is 42.5 Å². The Balaban J connectivity index is 1.90. The minimum absolute atomic E-state index is 0.0699. The highest BCUT2D eigenvalue weighted by Gasteiger charge is 2.32. The normalized spacial score (nSPS) is 15.0.